The Balaban J connectivity index is 2.06. The molecule has 0 spiro atoms. The quantitative estimate of drug-likeness (QED) is 0.730. The van der Waals surface area contributed by atoms with Crippen molar-refractivity contribution in [1.29, 1.82) is 0 Å². The molecule has 1 aliphatic carbocycles. The number of aromatic nitrogens is 4. The van der Waals surface area contributed by atoms with Crippen LogP contribution in [0.5, 0.6) is 0 Å². The molecule has 0 radical (unpaired) electrons. The van der Waals surface area contributed by atoms with Gasteiger partial charge in [0.1, 0.15) is 17.5 Å². The lowest BCUT2D eigenvalue weighted by molar-refractivity contribution is 0.724. The zero-order valence-corrected chi connectivity index (χ0v) is 11.8. The average molecular weight is 299 g/mol. The predicted molar refractivity (Wildman–Crippen MR) is 80.3 cm³/mol. The van der Waals surface area contributed by atoms with Gasteiger partial charge in [-0.15, -0.1) is 0 Å². The smallest absolute Gasteiger partial charge is 0.279 e. The Morgan fingerprint density at radius 1 is 1.29 bits per heavy atom. The lowest BCUT2D eigenvalue weighted by Gasteiger charge is -2.10. The number of nitrogens with zero attached hydrogens (tertiary/aromatic N) is 4. The number of hydrogen-bond donors (Lipinski definition) is 0. The Labute approximate surface area is 125 Å². The summed E-state index contributed by atoms with van der Waals surface area (Å²) in [5.74, 6) is 0. The molecule has 0 atom stereocenters. The Morgan fingerprint density at radius 2 is 2.14 bits per heavy atom. The van der Waals surface area contributed by atoms with Gasteiger partial charge in [0.15, 0.2) is 5.65 Å². The molecule has 0 bridgehead atoms. The van der Waals surface area contributed by atoms with Crippen molar-refractivity contribution < 1.29 is 0 Å². The highest BCUT2D eigenvalue weighted by atomic mass is 35.5. The molecule has 2 heterocycles. The van der Waals surface area contributed by atoms with Crippen LogP contribution in [0.3, 0.4) is 0 Å². The average Bonchev–Trinajstić information content (AvgIpc) is 3.31. The fourth-order valence-corrected chi connectivity index (χ4v) is 2.64. The molecule has 1 fully saturated rings. The summed E-state index contributed by atoms with van der Waals surface area (Å²) < 4.78 is 1.74. The van der Waals surface area contributed by atoms with Gasteiger partial charge in [0, 0.05) is 16.6 Å². The van der Waals surface area contributed by atoms with Crippen molar-refractivity contribution in [2.75, 3.05) is 0 Å². The molecule has 1 saturated carbocycles. The normalized spacial score (nSPS) is 14.5. The van der Waals surface area contributed by atoms with Crippen LogP contribution >= 0.6 is 11.6 Å². The molecule has 4 rings (SSSR count). The van der Waals surface area contributed by atoms with E-state index in [1.807, 2.05) is 12.1 Å². The van der Waals surface area contributed by atoms with Crippen molar-refractivity contribution in [3.63, 3.8) is 0 Å². The molecular weight excluding hydrogens is 288 g/mol. The molecule has 0 amide bonds. The second kappa shape index (κ2) is 4.63. The molecule has 1 aliphatic rings. The maximum Gasteiger partial charge on any atom is 0.279 e. The number of halogens is 1. The number of benzene rings is 1. The summed E-state index contributed by atoms with van der Waals surface area (Å²) >= 11 is 6.02. The minimum Gasteiger partial charge on any atom is -0.286 e. The van der Waals surface area contributed by atoms with Crippen molar-refractivity contribution in [2.24, 2.45) is 0 Å². The first-order valence-corrected chi connectivity index (χ1v) is 7.10. The second-order valence-electron chi connectivity index (χ2n) is 5.11. The third kappa shape index (κ3) is 2.10. The van der Waals surface area contributed by atoms with Gasteiger partial charge in [-0.3, -0.25) is 9.36 Å². The van der Waals surface area contributed by atoms with E-state index in [9.17, 15) is 4.79 Å². The predicted octanol–water partition coefficient (Wildman–Crippen LogP) is 2.84. The molecule has 0 unspecified atom stereocenters. The first-order chi connectivity index (χ1) is 10.2. The van der Waals surface area contributed by atoms with E-state index in [0.29, 0.717) is 27.4 Å². The van der Waals surface area contributed by atoms with E-state index in [0.717, 1.165) is 12.8 Å². The third-order valence-corrected chi connectivity index (χ3v) is 3.80. The maximum atomic E-state index is 12.8. The lowest BCUT2D eigenvalue weighted by atomic mass is 10.1. The first-order valence-electron chi connectivity index (χ1n) is 6.72. The Hall–Kier alpha value is -2.27. The molecule has 0 N–H and O–H groups in total. The van der Waals surface area contributed by atoms with E-state index in [1.54, 1.807) is 22.9 Å². The number of fused-ring (bicyclic) bond motifs is 1. The molecular formula is C15H11ClN4O. The highest BCUT2D eigenvalue weighted by molar-refractivity contribution is 6.30. The molecule has 3 aromatic rings. The minimum absolute atomic E-state index is 0.119. The van der Waals surface area contributed by atoms with Gasteiger partial charge in [-0.1, -0.05) is 23.7 Å². The van der Waals surface area contributed by atoms with Crippen molar-refractivity contribution in [1.82, 2.24) is 19.5 Å². The van der Waals surface area contributed by atoms with Crippen molar-refractivity contribution >= 4 is 22.8 Å². The van der Waals surface area contributed by atoms with Crippen LogP contribution < -0.4 is 5.56 Å². The van der Waals surface area contributed by atoms with Gasteiger partial charge in [0.05, 0.1) is 6.20 Å². The summed E-state index contributed by atoms with van der Waals surface area (Å²) in [5, 5.41) is 0.580. The Morgan fingerprint density at radius 3 is 2.90 bits per heavy atom. The maximum absolute atomic E-state index is 12.8. The van der Waals surface area contributed by atoms with Gasteiger partial charge < -0.3 is 0 Å². The first kappa shape index (κ1) is 12.5. The van der Waals surface area contributed by atoms with Crippen molar-refractivity contribution in [3.8, 4) is 11.3 Å². The zero-order valence-electron chi connectivity index (χ0n) is 11.0. The minimum atomic E-state index is -0.119. The highest BCUT2D eigenvalue weighted by Gasteiger charge is 2.28. The molecule has 21 heavy (non-hydrogen) atoms. The second-order valence-corrected chi connectivity index (χ2v) is 5.55. The Bertz CT molecular complexity index is 902. The molecule has 104 valence electrons. The fraction of sp³-hybridized carbons (Fsp3) is 0.200. The summed E-state index contributed by atoms with van der Waals surface area (Å²) in [6.07, 6.45) is 5.08. The van der Waals surface area contributed by atoms with Gasteiger partial charge >= 0.3 is 0 Å². The summed E-state index contributed by atoms with van der Waals surface area (Å²) in [5.41, 5.74) is 2.22. The van der Waals surface area contributed by atoms with Gasteiger partial charge in [-0.2, -0.15) is 0 Å². The lowest BCUT2D eigenvalue weighted by Crippen LogP contribution is -2.23. The zero-order chi connectivity index (χ0) is 14.4. The van der Waals surface area contributed by atoms with Crippen LogP contribution in [-0.4, -0.2) is 19.5 Å². The standard InChI is InChI=1S/C15H11ClN4O/c16-10-3-1-2-9(6-10)13-15(21)20(11-4-5-11)14-12(19-13)7-17-8-18-14/h1-3,6-8,11H,4-5H2. The van der Waals surface area contributed by atoms with Crippen LogP contribution in [-0.2, 0) is 0 Å². The van der Waals surface area contributed by atoms with Gasteiger partial charge in [-0.05, 0) is 25.0 Å². The van der Waals surface area contributed by atoms with Gasteiger partial charge in [0.25, 0.3) is 5.56 Å². The van der Waals surface area contributed by atoms with Crippen LogP contribution in [0.15, 0.2) is 41.6 Å². The van der Waals surface area contributed by atoms with E-state index >= 15 is 0 Å². The van der Waals surface area contributed by atoms with Crippen LogP contribution in [0.25, 0.3) is 22.4 Å². The third-order valence-electron chi connectivity index (χ3n) is 3.56. The molecule has 1 aromatic carbocycles. The van der Waals surface area contributed by atoms with Crippen LogP contribution in [0.4, 0.5) is 0 Å². The Kier molecular flexibility index (Phi) is 2.75. The van der Waals surface area contributed by atoms with Crippen molar-refractivity contribution in [3.05, 3.63) is 52.2 Å². The van der Waals surface area contributed by atoms with Gasteiger partial charge in [-0.25, -0.2) is 15.0 Å². The monoisotopic (exact) mass is 298 g/mol. The summed E-state index contributed by atoms with van der Waals surface area (Å²) in [4.78, 5) is 25.4. The topological polar surface area (TPSA) is 60.7 Å². The van der Waals surface area contributed by atoms with Crippen LogP contribution in [0, 0.1) is 0 Å². The van der Waals surface area contributed by atoms with E-state index in [-0.39, 0.29) is 11.6 Å². The highest BCUT2D eigenvalue weighted by Crippen LogP contribution is 2.35. The molecule has 5 nitrogen and oxygen atoms in total. The van der Waals surface area contributed by atoms with E-state index in [4.69, 9.17) is 11.6 Å². The SMILES string of the molecule is O=c1c(-c2cccc(Cl)c2)nc2cncnc2n1C1CC1. The van der Waals surface area contributed by atoms with Crippen LogP contribution in [0.2, 0.25) is 5.02 Å². The van der Waals surface area contributed by atoms with E-state index in [2.05, 4.69) is 15.0 Å². The molecule has 2 aromatic heterocycles. The molecule has 0 saturated heterocycles. The number of rotatable bonds is 2. The summed E-state index contributed by atoms with van der Waals surface area (Å²) in [7, 11) is 0. The largest absolute Gasteiger partial charge is 0.286 e. The van der Waals surface area contributed by atoms with E-state index < -0.39 is 0 Å². The van der Waals surface area contributed by atoms with Crippen LogP contribution in [0.1, 0.15) is 18.9 Å². The molecule has 0 aliphatic heterocycles. The number of hydrogen-bond acceptors (Lipinski definition) is 4. The fourth-order valence-electron chi connectivity index (χ4n) is 2.45. The molecule has 6 heteroatoms. The summed E-state index contributed by atoms with van der Waals surface area (Å²) in [6.45, 7) is 0. The van der Waals surface area contributed by atoms with Gasteiger partial charge in [0.2, 0.25) is 0 Å². The van der Waals surface area contributed by atoms with Crippen molar-refractivity contribution in [2.45, 2.75) is 18.9 Å². The van der Waals surface area contributed by atoms with E-state index in [1.165, 1.54) is 6.33 Å². The summed E-state index contributed by atoms with van der Waals surface area (Å²) in [6, 6.07) is 7.39.